The lowest BCUT2D eigenvalue weighted by Gasteiger charge is -2.28. The number of ether oxygens (including phenoxy) is 1. The van der Waals surface area contributed by atoms with Gasteiger partial charge < -0.3 is 9.64 Å². The highest BCUT2D eigenvalue weighted by atomic mass is 32.2. The Kier molecular flexibility index (Phi) is 7.68. The number of methoxy groups -OCH3 is 1. The van der Waals surface area contributed by atoms with Gasteiger partial charge in [0, 0.05) is 40.6 Å². The van der Waals surface area contributed by atoms with Crippen LogP contribution in [0.1, 0.15) is 40.7 Å². The van der Waals surface area contributed by atoms with Gasteiger partial charge in [0.25, 0.3) is 0 Å². The van der Waals surface area contributed by atoms with Crippen LogP contribution < -0.4 is 9.64 Å². The summed E-state index contributed by atoms with van der Waals surface area (Å²) >= 11 is 1.78. The molecule has 0 atom stereocenters. The zero-order valence-corrected chi connectivity index (χ0v) is 19.3. The van der Waals surface area contributed by atoms with Crippen molar-refractivity contribution in [2.75, 3.05) is 25.1 Å². The second-order valence-corrected chi connectivity index (χ2v) is 9.01. The van der Waals surface area contributed by atoms with E-state index >= 15 is 0 Å². The van der Waals surface area contributed by atoms with Gasteiger partial charge in [0.1, 0.15) is 5.75 Å². The fraction of sp³-hybridized carbons (Fsp3) is 0.250. The Balaban J connectivity index is 1.39. The SMILES string of the molecule is COc1cc(/C=C/C(=O)c2ccc(N3CCCCC3)cc2)ccc1CSc1ccccc1. The lowest BCUT2D eigenvalue weighted by Crippen LogP contribution is -2.29. The second-order valence-electron chi connectivity index (χ2n) is 7.97. The highest BCUT2D eigenvalue weighted by Gasteiger charge is 2.11. The van der Waals surface area contributed by atoms with Crippen LogP contribution >= 0.6 is 11.8 Å². The molecule has 1 saturated heterocycles. The van der Waals surface area contributed by atoms with E-state index in [9.17, 15) is 4.79 Å². The largest absolute Gasteiger partial charge is 0.496 e. The van der Waals surface area contributed by atoms with Crippen molar-refractivity contribution < 1.29 is 9.53 Å². The van der Waals surface area contributed by atoms with E-state index in [1.54, 1.807) is 24.9 Å². The van der Waals surface area contributed by atoms with Crippen LogP contribution in [0.15, 0.2) is 83.8 Å². The number of ketones is 1. The maximum absolute atomic E-state index is 12.7. The molecule has 3 aromatic carbocycles. The maximum atomic E-state index is 12.7. The molecule has 1 aliphatic rings. The van der Waals surface area contributed by atoms with Gasteiger partial charge in [-0.1, -0.05) is 36.4 Å². The van der Waals surface area contributed by atoms with Gasteiger partial charge in [-0.3, -0.25) is 4.79 Å². The van der Waals surface area contributed by atoms with E-state index in [1.807, 2.05) is 48.5 Å². The first-order valence-corrected chi connectivity index (χ1v) is 12.1. The minimum Gasteiger partial charge on any atom is -0.496 e. The van der Waals surface area contributed by atoms with E-state index in [0.717, 1.165) is 35.7 Å². The Labute approximate surface area is 195 Å². The summed E-state index contributed by atoms with van der Waals surface area (Å²) in [5, 5.41) is 0. The first-order valence-electron chi connectivity index (χ1n) is 11.1. The monoisotopic (exact) mass is 443 g/mol. The highest BCUT2D eigenvalue weighted by Crippen LogP contribution is 2.29. The summed E-state index contributed by atoms with van der Waals surface area (Å²) in [6.45, 7) is 2.21. The normalized spacial score (nSPS) is 14.0. The predicted octanol–water partition coefficient (Wildman–Crippen LogP) is 6.87. The Morgan fingerprint density at radius 1 is 0.969 bits per heavy atom. The Bertz CT molecular complexity index is 1050. The number of piperidine rings is 1. The molecule has 0 aromatic heterocycles. The highest BCUT2D eigenvalue weighted by molar-refractivity contribution is 7.98. The van der Waals surface area contributed by atoms with Crippen molar-refractivity contribution in [3.05, 3.63) is 95.6 Å². The van der Waals surface area contributed by atoms with Crippen molar-refractivity contribution in [1.82, 2.24) is 0 Å². The van der Waals surface area contributed by atoms with E-state index in [-0.39, 0.29) is 5.78 Å². The second kappa shape index (κ2) is 11.1. The van der Waals surface area contributed by atoms with Crippen LogP contribution in [0.4, 0.5) is 5.69 Å². The number of hydrogen-bond acceptors (Lipinski definition) is 4. The molecule has 0 aliphatic carbocycles. The standard InChI is InChI=1S/C28H29NO2S/c1-31-28-20-22(10-12-24(28)21-32-26-8-4-2-5-9-26)11-17-27(30)23-13-15-25(16-14-23)29-18-6-3-7-19-29/h2,4-5,8-17,20H,3,6-7,18-19,21H2,1H3/b17-11+. The molecule has 4 rings (SSSR count). The van der Waals surface area contributed by atoms with Crippen LogP contribution in [0.5, 0.6) is 5.75 Å². The first kappa shape index (κ1) is 22.2. The molecule has 0 radical (unpaired) electrons. The summed E-state index contributed by atoms with van der Waals surface area (Å²) in [5.41, 5.74) is 4.01. The maximum Gasteiger partial charge on any atom is 0.185 e. The molecule has 4 heteroatoms. The third-order valence-corrected chi connectivity index (χ3v) is 6.81. The number of thioether (sulfide) groups is 1. The third kappa shape index (κ3) is 5.83. The number of carbonyl (C=O) groups excluding carboxylic acids is 1. The van der Waals surface area contributed by atoms with Crippen molar-refractivity contribution in [3.8, 4) is 5.75 Å². The van der Waals surface area contributed by atoms with Gasteiger partial charge in [0.05, 0.1) is 7.11 Å². The first-order chi connectivity index (χ1) is 15.7. The molecule has 32 heavy (non-hydrogen) atoms. The summed E-state index contributed by atoms with van der Waals surface area (Å²) in [7, 11) is 1.69. The third-order valence-electron chi connectivity index (χ3n) is 5.75. The van der Waals surface area contributed by atoms with Crippen LogP contribution in [0.3, 0.4) is 0 Å². The lowest BCUT2D eigenvalue weighted by molar-refractivity contribution is 0.104. The molecule has 164 valence electrons. The number of benzene rings is 3. The molecule has 1 fully saturated rings. The zero-order valence-electron chi connectivity index (χ0n) is 18.5. The van der Waals surface area contributed by atoms with E-state index < -0.39 is 0 Å². The molecular formula is C28H29NO2S. The minimum atomic E-state index is 0.0119. The molecular weight excluding hydrogens is 414 g/mol. The average molecular weight is 444 g/mol. The molecule has 1 heterocycles. The molecule has 0 unspecified atom stereocenters. The molecule has 3 aromatic rings. The lowest BCUT2D eigenvalue weighted by atomic mass is 10.1. The number of rotatable bonds is 8. The molecule has 1 aliphatic heterocycles. The predicted molar refractivity (Wildman–Crippen MR) is 135 cm³/mol. The molecule has 0 N–H and O–H groups in total. The molecule has 3 nitrogen and oxygen atoms in total. The van der Waals surface area contributed by atoms with Gasteiger partial charge in [0.15, 0.2) is 5.78 Å². The topological polar surface area (TPSA) is 29.5 Å². The number of carbonyl (C=O) groups is 1. The van der Waals surface area contributed by atoms with Crippen molar-refractivity contribution in [1.29, 1.82) is 0 Å². The van der Waals surface area contributed by atoms with Crippen LogP contribution in [-0.2, 0) is 5.75 Å². The fourth-order valence-electron chi connectivity index (χ4n) is 3.92. The Morgan fingerprint density at radius 2 is 1.72 bits per heavy atom. The minimum absolute atomic E-state index is 0.0119. The van der Waals surface area contributed by atoms with Crippen LogP contribution in [0, 0.1) is 0 Å². The summed E-state index contributed by atoms with van der Waals surface area (Å²) in [5.74, 6) is 1.69. The van der Waals surface area contributed by atoms with Crippen LogP contribution in [0.2, 0.25) is 0 Å². The molecule has 0 saturated carbocycles. The smallest absolute Gasteiger partial charge is 0.185 e. The number of anilines is 1. The van der Waals surface area contributed by atoms with Crippen molar-refractivity contribution >= 4 is 29.3 Å². The van der Waals surface area contributed by atoms with Crippen molar-refractivity contribution in [2.24, 2.45) is 0 Å². The van der Waals surface area contributed by atoms with Gasteiger partial charge in [0.2, 0.25) is 0 Å². The van der Waals surface area contributed by atoms with Gasteiger partial charge in [-0.15, -0.1) is 11.8 Å². The summed E-state index contributed by atoms with van der Waals surface area (Å²) < 4.78 is 5.60. The van der Waals surface area contributed by atoms with E-state index in [0.29, 0.717) is 5.56 Å². The van der Waals surface area contributed by atoms with Gasteiger partial charge in [-0.2, -0.15) is 0 Å². The number of nitrogens with zero attached hydrogens (tertiary/aromatic N) is 1. The Hall–Kier alpha value is -2.98. The quantitative estimate of drug-likeness (QED) is 0.216. The van der Waals surface area contributed by atoms with Crippen molar-refractivity contribution in [2.45, 2.75) is 29.9 Å². The fourth-order valence-corrected chi connectivity index (χ4v) is 4.83. The molecule has 0 bridgehead atoms. The summed E-state index contributed by atoms with van der Waals surface area (Å²) in [6.07, 6.45) is 7.31. The van der Waals surface area contributed by atoms with E-state index in [1.165, 1.54) is 29.8 Å². The molecule has 0 spiro atoms. The summed E-state index contributed by atoms with van der Waals surface area (Å²) in [6, 6.07) is 24.4. The van der Waals surface area contributed by atoms with Gasteiger partial charge in [-0.25, -0.2) is 0 Å². The van der Waals surface area contributed by atoms with E-state index in [4.69, 9.17) is 4.74 Å². The number of allylic oxidation sites excluding steroid dienone is 1. The van der Waals surface area contributed by atoms with Crippen LogP contribution in [-0.4, -0.2) is 26.0 Å². The average Bonchev–Trinajstić information content (AvgIpc) is 2.87. The van der Waals surface area contributed by atoms with Gasteiger partial charge in [-0.05, 0) is 73.4 Å². The summed E-state index contributed by atoms with van der Waals surface area (Å²) in [4.78, 5) is 16.3. The molecule has 0 amide bonds. The Morgan fingerprint density at radius 3 is 2.44 bits per heavy atom. The van der Waals surface area contributed by atoms with E-state index in [2.05, 4.69) is 35.2 Å². The van der Waals surface area contributed by atoms with Crippen molar-refractivity contribution in [3.63, 3.8) is 0 Å². The van der Waals surface area contributed by atoms with Gasteiger partial charge >= 0.3 is 0 Å². The zero-order chi connectivity index (χ0) is 22.2. The van der Waals surface area contributed by atoms with Crippen LogP contribution in [0.25, 0.3) is 6.08 Å². The number of hydrogen-bond donors (Lipinski definition) is 0.